The van der Waals surface area contributed by atoms with Crippen molar-refractivity contribution in [3.8, 4) is 5.75 Å². The molecule has 1 aromatic heterocycles. The molecule has 1 N–H and O–H groups in total. The maximum atomic E-state index is 12.4. The van der Waals surface area contributed by atoms with Crippen molar-refractivity contribution in [3.05, 3.63) is 18.3 Å². The molecule has 1 aliphatic rings. The summed E-state index contributed by atoms with van der Waals surface area (Å²) in [5.41, 5.74) is -0.496. The van der Waals surface area contributed by atoms with Crippen LogP contribution < -0.4 is 4.90 Å². The predicted octanol–water partition coefficient (Wildman–Crippen LogP) is 3.01. The highest BCUT2D eigenvalue weighted by atomic mass is 16.6. The molecule has 0 spiro atoms. The molecule has 0 unspecified atom stereocenters. The first kappa shape index (κ1) is 17.4. The van der Waals surface area contributed by atoms with Crippen molar-refractivity contribution in [2.45, 2.75) is 51.7 Å². The van der Waals surface area contributed by atoms with Gasteiger partial charge in [0, 0.05) is 26.3 Å². The molecule has 2 heterocycles. The molecule has 128 valence electrons. The number of anilines is 1. The van der Waals surface area contributed by atoms with E-state index in [1.54, 1.807) is 18.3 Å². The maximum absolute atomic E-state index is 12.4. The number of carbonyl (C=O) groups excluding carboxylic acids is 1. The first-order valence-corrected chi connectivity index (χ1v) is 8.12. The topological polar surface area (TPSA) is 65.9 Å². The molecule has 1 atom stereocenters. The van der Waals surface area contributed by atoms with Crippen LogP contribution in [0.25, 0.3) is 0 Å². The fraction of sp³-hybridized carbons (Fsp3) is 0.647. The predicted molar refractivity (Wildman–Crippen MR) is 89.8 cm³/mol. The lowest BCUT2D eigenvalue weighted by atomic mass is 10.0. The monoisotopic (exact) mass is 321 g/mol. The highest BCUT2D eigenvalue weighted by Crippen LogP contribution is 2.26. The summed E-state index contributed by atoms with van der Waals surface area (Å²) >= 11 is 0. The van der Waals surface area contributed by atoms with Crippen molar-refractivity contribution in [1.82, 2.24) is 9.88 Å². The number of nitrogens with zero attached hydrogens (tertiary/aromatic N) is 3. The van der Waals surface area contributed by atoms with E-state index in [1.807, 2.05) is 37.6 Å². The lowest BCUT2D eigenvalue weighted by Gasteiger charge is -2.38. The van der Waals surface area contributed by atoms with Crippen LogP contribution in [0.15, 0.2) is 18.3 Å². The normalized spacial score (nSPS) is 18.6. The first-order valence-electron chi connectivity index (χ1n) is 8.12. The Labute approximate surface area is 138 Å². The van der Waals surface area contributed by atoms with Gasteiger partial charge in [0.2, 0.25) is 0 Å². The van der Waals surface area contributed by atoms with Gasteiger partial charge in [-0.2, -0.15) is 0 Å². The average Bonchev–Trinajstić information content (AvgIpc) is 2.46. The number of carbonyl (C=O) groups is 1. The Bertz CT molecular complexity index is 542. The second-order valence-corrected chi connectivity index (χ2v) is 7.05. The van der Waals surface area contributed by atoms with E-state index in [9.17, 15) is 9.90 Å². The smallest absolute Gasteiger partial charge is 0.410 e. The Morgan fingerprint density at radius 2 is 2.22 bits per heavy atom. The van der Waals surface area contributed by atoms with Crippen molar-refractivity contribution < 1.29 is 14.6 Å². The molecule has 0 radical (unpaired) electrons. The molecule has 0 aliphatic carbocycles. The standard InChI is InChI=1S/C17H27N3O3/c1-17(2,3)23-16(22)20-11-6-5-8-13(20)12-19(4)15-14(21)9-7-10-18-15/h7,9-10,13,21H,5-6,8,11-12H2,1-4H3/t13-/m0/s1. The highest BCUT2D eigenvalue weighted by molar-refractivity contribution is 5.69. The zero-order chi connectivity index (χ0) is 17.0. The Morgan fingerprint density at radius 3 is 2.87 bits per heavy atom. The number of ether oxygens (including phenoxy) is 1. The minimum atomic E-state index is -0.496. The zero-order valence-electron chi connectivity index (χ0n) is 14.5. The summed E-state index contributed by atoms with van der Waals surface area (Å²) in [6.07, 6.45) is 4.40. The van der Waals surface area contributed by atoms with Gasteiger partial charge in [-0.15, -0.1) is 0 Å². The van der Waals surface area contributed by atoms with Crippen LogP contribution in [0.4, 0.5) is 10.6 Å². The van der Waals surface area contributed by atoms with Crippen LogP contribution in [-0.4, -0.2) is 52.9 Å². The third-order valence-corrected chi connectivity index (χ3v) is 3.87. The molecule has 0 aromatic carbocycles. The number of likely N-dealkylation sites (tertiary alicyclic amines) is 1. The SMILES string of the molecule is CN(C[C@@H]1CCCCN1C(=O)OC(C)(C)C)c1ncccc1O. The summed E-state index contributed by atoms with van der Waals surface area (Å²) in [5.74, 6) is 0.678. The molecule has 6 nitrogen and oxygen atoms in total. The van der Waals surface area contributed by atoms with Crippen LogP contribution in [0.5, 0.6) is 5.75 Å². The van der Waals surface area contributed by atoms with E-state index >= 15 is 0 Å². The Hall–Kier alpha value is -1.98. The number of amides is 1. The molecule has 1 aromatic rings. The van der Waals surface area contributed by atoms with Gasteiger partial charge in [0.25, 0.3) is 0 Å². The number of hydrogen-bond acceptors (Lipinski definition) is 5. The lowest BCUT2D eigenvalue weighted by Crippen LogP contribution is -2.50. The summed E-state index contributed by atoms with van der Waals surface area (Å²) in [6.45, 7) is 6.96. The van der Waals surface area contributed by atoms with Crippen molar-refractivity contribution in [2.24, 2.45) is 0 Å². The Morgan fingerprint density at radius 1 is 1.48 bits per heavy atom. The third kappa shape index (κ3) is 4.74. The van der Waals surface area contributed by atoms with Gasteiger partial charge in [0.1, 0.15) is 5.60 Å². The fourth-order valence-corrected chi connectivity index (χ4v) is 2.84. The molecule has 23 heavy (non-hydrogen) atoms. The van der Waals surface area contributed by atoms with Gasteiger partial charge in [-0.1, -0.05) is 0 Å². The molecule has 6 heteroatoms. The largest absolute Gasteiger partial charge is 0.504 e. The second-order valence-electron chi connectivity index (χ2n) is 7.05. The van der Waals surface area contributed by atoms with Crippen LogP contribution >= 0.6 is 0 Å². The summed E-state index contributed by atoms with van der Waals surface area (Å²) < 4.78 is 5.52. The van der Waals surface area contributed by atoms with Gasteiger partial charge < -0.3 is 19.6 Å². The Balaban J connectivity index is 2.06. The zero-order valence-corrected chi connectivity index (χ0v) is 14.5. The van der Waals surface area contributed by atoms with E-state index in [2.05, 4.69) is 4.98 Å². The Kier molecular flexibility index (Phi) is 5.34. The molecule has 0 bridgehead atoms. The number of likely N-dealkylation sites (N-methyl/N-ethyl adjacent to an activating group) is 1. The molecule has 1 amide bonds. The van der Waals surface area contributed by atoms with E-state index in [0.29, 0.717) is 18.9 Å². The average molecular weight is 321 g/mol. The molecule has 1 aliphatic heterocycles. The van der Waals surface area contributed by atoms with Crippen molar-refractivity contribution in [1.29, 1.82) is 0 Å². The number of aromatic nitrogens is 1. The van der Waals surface area contributed by atoms with E-state index in [-0.39, 0.29) is 17.9 Å². The van der Waals surface area contributed by atoms with Gasteiger partial charge in [-0.25, -0.2) is 9.78 Å². The summed E-state index contributed by atoms with van der Waals surface area (Å²) in [7, 11) is 1.88. The number of hydrogen-bond donors (Lipinski definition) is 1. The molecule has 1 fully saturated rings. The minimum Gasteiger partial charge on any atom is -0.504 e. The summed E-state index contributed by atoms with van der Waals surface area (Å²) in [5, 5.41) is 9.93. The van der Waals surface area contributed by atoms with E-state index in [4.69, 9.17) is 4.74 Å². The van der Waals surface area contributed by atoms with Crippen LogP contribution in [-0.2, 0) is 4.74 Å². The fourth-order valence-electron chi connectivity index (χ4n) is 2.84. The molecular weight excluding hydrogens is 294 g/mol. The van der Waals surface area contributed by atoms with Crippen molar-refractivity contribution in [3.63, 3.8) is 0 Å². The van der Waals surface area contributed by atoms with Crippen LogP contribution in [0.3, 0.4) is 0 Å². The highest BCUT2D eigenvalue weighted by Gasteiger charge is 2.31. The summed E-state index contributed by atoms with van der Waals surface area (Å²) in [4.78, 5) is 20.3. The quantitative estimate of drug-likeness (QED) is 0.927. The van der Waals surface area contributed by atoms with E-state index < -0.39 is 5.60 Å². The number of pyridine rings is 1. The lowest BCUT2D eigenvalue weighted by molar-refractivity contribution is 0.0108. The van der Waals surface area contributed by atoms with Gasteiger partial charge >= 0.3 is 6.09 Å². The maximum Gasteiger partial charge on any atom is 0.410 e. The first-order chi connectivity index (χ1) is 10.8. The van der Waals surface area contributed by atoms with Crippen molar-refractivity contribution >= 4 is 11.9 Å². The van der Waals surface area contributed by atoms with E-state index in [0.717, 1.165) is 19.3 Å². The van der Waals surface area contributed by atoms with Crippen LogP contribution in [0, 0.1) is 0 Å². The molecule has 1 saturated heterocycles. The van der Waals surface area contributed by atoms with E-state index in [1.165, 1.54) is 0 Å². The van der Waals surface area contributed by atoms with Crippen molar-refractivity contribution in [2.75, 3.05) is 25.0 Å². The number of aromatic hydroxyl groups is 1. The molecular formula is C17H27N3O3. The second kappa shape index (κ2) is 7.06. The third-order valence-electron chi connectivity index (χ3n) is 3.87. The van der Waals surface area contributed by atoms with Gasteiger partial charge in [-0.3, -0.25) is 0 Å². The number of piperidine rings is 1. The molecule has 0 saturated carbocycles. The number of rotatable bonds is 3. The van der Waals surface area contributed by atoms with Crippen LogP contribution in [0.1, 0.15) is 40.0 Å². The van der Waals surface area contributed by atoms with Gasteiger partial charge in [-0.05, 0) is 52.2 Å². The van der Waals surface area contributed by atoms with Crippen LogP contribution in [0.2, 0.25) is 0 Å². The van der Waals surface area contributed by atoms with Gasteiger partial charge in [0.05, 0.1) is 6.04 Å². The minimum absolute atomic E-state index is 0.0602. The van der Waals surface area contributed by atoms with Gasteiger partial charge in [0.15, 0.2) is 11.6 Å². The molecule has 2 rings (SSSR count). The summed E-state index contributed by atoms with van der Waals surface area (Å²) in [6, 6.07) is 3.37.